The predicted molar refractivity (Wildman–Crippen MR) is 97.8 cm³/mol. The zero-order valence-electron chi connectivity index (χ0n) is 14.0. The molecule has 4 heteroatoms. The molecule has 124 valence electrons. The van der Waals surface area contributed by atoms with Crippen molar-refractivity contribution in [2.45, 2.75) is 20.3 Å². The van der Waals surface area contributed by atoms with Crippen molar-refractivity contribution in [2.24, 2.45) is 0 Å². The number of nitrogens with one attached hydrogen (secondary N) is 2. The van der Waals surface area contributed by atoms with E-state index in [0.29, 0.717) is 23.4 Å². The van der Waals surface area contributed by atoms with Crippen molar-refractivity contribution in [3.63, 3.8) is 0 Å². The Morgan fingerprint density at radius 3 is 2.38 bits per heavy atom. The molecule has 2 aromatic rings. The minimum absolute atomic E-state index is 0.183. The Morgan fingerprint density at radius 1 is 1.00 bits per heavy atom. The summed E-state index contributed by atoms with van der Waals surface area (Å²) in [7, 11) is 0. The minimum Gasteiger partial charge on any atom is -0.352 e. The largest absolute Gasteiger partial charge is 0.352 e. The van der Waals surface area contributed by atoms with Gasteiger partial charge in [0, 0.05) is 12.1 Å². The molecule has 2 amide bonds. The van der Waals surface area contributed by atoms with Gasteiger partial charge in [-0.3, -0.25) is 9.59 Å². The predicted octanol–water partition coefficient (Wildman–Crippen LogP) is 3.87. The lowest BCUT2D eigenvalue weighted by Crippen LogP contribution is -2.25. The van der Waals surface area contributed by atoms with E-state index in [4.69, 9.17) is 0 Å². The molecular weight excluding hydrogens is 300 g/mol. The van der Waals surface area contributed by atoms with Crippen LogP contribution in [0, 0.1) is 0 Å². The van der Waals surface area contributed by atoms with Crippen LogP contribution >= 0.6 is 0 Å². The van der Waals surface area contributed by atoms with E-state index < -0.39 is 0 Å². The highest BCUT2D eigenvalue weighted by atomic mass is 16.2. The van der Waals surface area contributed by atoms with Gasteiger partial charge >= 0.3 is 0 Å². The highest BCUT2D eigenvalue weighted by molar-refractivity contribution is 6.10. The van der Waals surface area contributed by atoms with Gasteiger partial charge in [-0.25, -0.2) is 0 Å². The number of para-hydroxylation sites is 1. The molecule has 0 atom stereocenters. The Morgan fingerprint density at radius 2 is 1.67 bits per heavy atom. The van der Waals surface area contributed by atoms with E-state index in [9.17, 15) is 9.59 Å². The van der Waals surface area contributed by atoms with Gasteiger partial charge in [-0.05, 0) is 37.1 Å². The third-order valence-electron chi connectivity index (χ3n) is 3.50. The molecule has 0 aliphatic heterocycles. The van der Waals surface area contributed by atoms with E-state index in [1.807, 2.05) is 43.3 Å². The first-order chi connectivity index (χ1) is 11.6. The Hall–Kier alpha value is -2.88. The van der Waals surface area contributed by atoms with Crippen LogP contribution in [0.25, 0.3) is 6.08 Å². The second-order valence-electron chi connectivity index (χ2n) is 5.49. The van der Waals surface area contributed by atoms with E-state index in [2.05, 4.69) is 10.6 Å². The maximum Gasteiger partial charge on any atom is 0.253 e. The first kappa shape index (κ1) is 17.5. The summed E-state index contributed by atoms with van der Waals surface area (Å²) in [6, 6.07) is 16.6. The van der Waals surface area contributed by atoms with Crippen LogP contribution < -0.4 is 10.6 Å². The van der Waals surface area contributed by atoms with Crippen LogP contribution in [0.5, 0.6) is 0 Å². The van der Waals surface area contributed by atoms with Gasteiger partial charge in [0.1, 0.15) is 0 Å². The Labute approximate surface area is 142 Å². The molecule has 0 saturated carbocycles. The van der Waals surface area contributed by atoms with Crippen molar-refractivity contribution in [3.8, 4) is 0 Å². The summed E-state index contributed by atoms with van der Waals surface area (Å²) in [4.78, 5) is 24.6. The highest BCUT2D eigenvalue weighted by Gasteiger charge is 2.13. The standard InChI is InChI=1S/C20H22N2O2/c1-3-13-21-20(24)17-11-7-8-12-18(17)22-19(23)15(2)14-16-9-5-4-6-10-16/h4-12,14H,3,13H2,1-2H3,(H,21,24)(H,22,23)/b15-14+. The average Bonchev–Trinajstić information content (AvgIpc) is 2.61. The monoisotopic (exact) mass is 322 g/mol. The fraction of sp³-hybridized carbons (Fsp3) is 0.200. The molecule has 4 nitrogen and oxygen atoms in total. The van der Waals surface area contributed by atoms with Crippen LogP contribution in [-0.4, -0.2) is 18.4 Å². The molecule has 0 aliphatic carbocycles. The molecule has 0 bridgehead atoms. The van der Waals surface area contributed by atoms with Gasteiger partial charge in [-0.15, -0.1) is 0 Å². The molecule has 0 aliphatic rings. The van der Waals surface area contributed by atoms with Gasteiger partial charge in [0.15, 0.2) is 0 Å². The number of hydrogen-bond acceptors (Lipinski definition) is 2. The number of anilines is 1. The van der Waals surface area contributed by atoms with E-state index in [0.717, 1.165) is 12.0 Å². The van der Waals surface area contributed by atoms with Gasteiger partial charge in [-0.2, -0.15) is 0 Å². The van der Waals surface area contributed by atoms with Crippen molar-refractivity contribution < 1.29 is 9.59 Å². The molecule has 0 saturated heterocycles. The molecule has 0 heterocycles. The van der Waals surface area contributed by atoms with Crippen molar-refractivity contribution in [3.05, 3.63) is 71.3 Å². The number of amides is 2. The quantitative estimate of drug-likeness (QED) is 0.793. The van der Waals surface area contributed by atoms with Crippen LogP contribution in [-0.2, 0) is 4.79 Å². The Bertz CT molecular complexity index is 736. The third kappa shape index (κ3) is 4.81. The molecule has 0 aromatic heterocycles. The zero-order valence-corrected chi connectivity index (χ0v) is 14.0. The highest BCUT2D eigenvalue weighted by Crippen LogP contribution is 2.16. The number of benzene rings is 2. The molecule has 0 fully saturated rings. The summed E-state index contributed by atoms with van der Waals surface area (Å²) in [5.41, 5.74) is 2.51. The molecule has 2 rings (SSSR count). The number of carbonyl (C=O) groups excluding carboxylic acids is 2. The Kier molecular flexibility index (Phi) is 6.32. The van der Waals surface area contributed by atoms with Crippen LogP contribution in [0.4, 0.5) is 5.69 Å². The smallest absolute Gasteiger partial charge is 0.253 e. The number of hydrogen-bond donors (Lipinski definition) is 2. The van der Waals surface area contributed by atoms with Crippen LogP contribution in [0.15, 0.2) is 60.2 Å². The van der Waals surface area contributed by atoms with Crippen molar-refractivity contribution in [2.75, 3.05) is 11.9 Å². The fourth-order valence-corrected chi connectivity index (χ4v) is 2.21. The van der Waals surface area contributed by atoms with Gasteiger partial charge < -0.3 is 10.6 Å². The number of rotatable bonds is 6. The molecule has 2 aromatic carbocycles. The maximum atomic E-state index is 12.4. The second-order valence-corrected chi connectivity index (χ2v) is 5.49. The topological polar surface area (TPSA) is 58.2 Å². The SMILES string of the molecule is CCCNC(=O)c1ccccc1NC(=O)/C(C)=C/c1ccccc1. The third-order valence-corrected chi connectivity index (χ3v) is 3.50. The van der Waals surface area contributed by atoms with Crippen molar-refractivity contribution in [1.82, 2.24) is 5.32 Å². The normalized spacial score (nSPS) is 11.0. The summed E-state index contributed by atoms with van der Waals surface area (Å²) < 4.78 is 0. The van der Waals surface area contributed by atoms with Crippen LogP contribution in [0.1, 0.15) is 36.2 Å². The van der Waals surface area contributed by atoms with E-state index in [-0.39, 0.29) is 11.8 Å². The lowest BCUT2D eigenvalue weighted by molar-refractivity contribution is -0.112. The molecule has 0 spiro atoms. The minimum atomic E-state index is -0.227. The summed E-state index contributed by atoms with van der Waals surface area (Å²) in [5.74, 6) is -0.410. The van der Waals surface area contributed by atoms with Crippen LogP contribution in [0.2, 0.25) is 0 Å². The first-order valence-corrected chi connectivity index (χ1v) is 8.03. The average molecular weight is 322 g/mol. The summed E-state index contributed by atoms with van der Waals surface area (Å²) >= 11 is 0. The van der Waals surface area contributed by atoms with E-state index in [1.165, 1.54) is 0 Å². The molecule has 2 N–H and O–H groups in total. The summed E-state index contributed by atoms with van der Waals surface area (Å²) in [6.07, 6.45) is 2.67. The number of carbonyl (C=O) groups is 2. The molecule has 0 radical (unpaired) electrons. The zero-order chi connectivity index (χ0) is 17.4. The molecule has 0 unspecified atom stereocenters. The first-order valence-electron chi connectivity index (χ1n) is 8.03. The van der Waals surface area contributed by atoms with Gasteiger partial charge in [0.05, 0.1) is 11.3 Å². The fourth-order valence-electron chi connectivity index (χ4n) is 2.21. The van der Waals surface area contributed by atoms with Gasteiger partial charge in [0.25, 0.3) is 11.8 Å². The lowest BCUT2D eigenvalue weighted by Gasteiger charge is -2.11. The summed E-state index contributed by atoms with van der Waals surface area (Å²) in [6.45, 7) is 4.35. The van der Waals surface area contributed by atoms with Crippen molar-refractivity contribution in [1.29, 1.82) is 0 Å². The molecular formula is C20H22N2O2. The molecule has 24 heavy (non-hydrogen) atoms. The Balaban J connectivity index is 2.14. The lowest BCUT2D eigenvalue weighted by atomic mass is 10.1. The van der Waals surface area contributed by atoms with E-state index in [1.54, 1.807) is 31.2 Å². The van der Waals surface area contributed by atoms with Crippen LogP contribution in [0.3, 0.4) is 0 Å². The second kappa shape index (κ2) is 8.67. The van der Waals surface area contributed by atoms with Gasteiger partial charge in [0.2, 0.25) is 0 Å². The van der Waals surface area contributed by atoms with Gasteiger partial charge in [-0.1, -0.05) is 49.4 Å². The summed E-state index contributed by atoms with van der Waals surface area (Å²) in [5, 5.41) is 5.65. The van der Waals surface area contributed by atoms with E-state index >= 15 is 0 Å². The van der Waals surface area contributed by atoms with Crippen molar-refractivity contribution >= 4 is 23.6 Å². The maximum absolute atomic E-state index is 12.4.